The molecule has 176 valence electrons. The third-order valence-corrected chi connectivity index (χ3v) is 12.3. The van der Waals surface area contributed by atoms with Gasteiger partial charge in [0.25, 0.3) is 5.91 Å². The number of nitrogens with one attached hydrogen (secondary N) is 1. The molecule has 1 aliphatic rings. The zero-order valence-corrected chi connectivity index (χ0v) is 21.9. The summed E-state index contributed by atoms with van der Waals surface area (Å²) in [4.78, 5) is 17.9. The van der Waals surface area contributed by atoms with Gasteiger partial charge in [0.15, 0.2) is 13.3 Å². The molecule has 1 aliphatic carbocycles. The zero-order chi connectivity index (χ0) is 23.8. The number of hydrogen-bond acceptors (Lipinski definition) is 7. The van der Waals surface area contributed by atoms with E-state index in [9.17, 15) is 4.79 Å². The van der Waals surface area contributed by atoms with E-state index in [1.165, 1.54) is 11.3 Å². The van der Waals surface area contributed by atoms with Crippen LogP contribution in [0.2, 0.25) is 18.1 Å². The molecule has 2 aromatic heterocycles. The van der Waals surface area contributed by atoms with Gasteiger partial charge in [0.1, 0.15) is 6.10 Å². The first-order chi connectivity index (χ1) is 15.5. The minimum absolute atomic E-state index is 0.0860. The predicted molar refractivity (Wildman–Crippen MR) is 132 cm³/mol. The van der Waals surface area contributed by atoms with Crippen molar-refractivity contribution >= 4 is 25.6 Å². The molecule has 0 spiro atoms. The summed E-state index contributed by atoms with van der Waals surface area (Å²) in [5.74, 6) is 1.18. The lowest BCUT2D eigenvalue weighted by Crippen LogP contribution is -2.43. The van der Waals surface area contributed by atoms with E-state index in [1.807, 2.05) is 37.3 Å². The summed E-state index contributed by atoms with van der Waals surface area (Å²) in [6.45, 7) is 13.0. The Labute approximate surface area is 200 Å². The highest BCUT2D eigenvalue weighted by Gasteiger charge is 2.40. The number of carbonyl (C=O) groups excluding carboxylic acids is 1. The number of nitrogens with zero attached hydrogens (tertiary/aromatic N) is 3. The van der Waals surface area contributed by atoms with Gasteiger partial charge in [-0.05, 0) is 43.5 Å². The fourth-order valence-electron chi connectivity index (χ4n) is 3.54. The van der Waals surface area contributed by atoms with Crippen molar-refractivity contribution in [3.05, 3.63) is 53.3 Å². The summed E-state index contributed by atoms with van der Waals surface area (Å²) in [5.41, 5.74) is 1.07. The molecule has 0 saturated heterocycles. The van der Waals surface area contributed by atoms with E-state index in [4.69, 9.17) is 8.84 Å². The standard InChI is InChI=1S/C24H32N4O3SSi/c1-15(31-33(5,6)24(2,3)4)21-27-28-22(30-21)17-12-18(13-17)26-20(29)23-25-14-19(32-23)16-10-8-7-9-11-16/h7-11,14-15,17-18H,12-13H2,1-6H3,(H,26,29)/t15-,17-,18-/m1/s1. The van der Waals surface area contributed by atoms with E-state index in [0.29, 0.717) is 16.8 Å². The van der Waals surface area contributed by atoms with E-state index in [1.54, 1.807) is 6.20 Å². The zero-order valence-electron chi connectivity index (χ0n) is 20.1. The first kappa shape index (κ1) is 23.8. The molecule has 9 heteroatoms. The third-order valence-electron chi connectivity index (χ3n) is 6.66. The number of aromatic nitrogens is 3. The molecule has 7 nitrogen and oxygen atoms in total. The van der Waals surface area contributed by atoms with Gasteiger partial charge in [-0.25, -0.2) is 4.98 Å². The Morgan fingerprint density at radius 3 is 2.58 bits per heavy atom. The second-order valence-corrected chi connectivity index (χ2v) is 16.0. The van der Waals surface area contributed by atoms with Crippen molar-refractivity contribution in [2.24, 2.45) is 0 Å². The molecule has 0 radical (unpaired) electrons. The maximum absolute atomic E-state index is 12.6. The number of rotatable bonds is 7. The lowest BCUT2D eigenvalue weighted by molar-refractivity contribution is 0.0901. The minimum atomic E-state index is -1.92. The quantitative estimate of drug-likeness (QED) is 0.417. The molecule has 2 heterocycles. The molecule has 1 aromatic carbocycles. The van der Waals surface area contributed by atoms with Crippen LogP contribution < -0.4 is 5.32 Å². The van der Waals surface area contributed by atoms with Crippen molar-refractivity contribution < 1.29 is 13.6 Å². The molecule has 0 bridgehead atoms. The molecular weight excluding hydrogens is 452 g/mol. The molecule has 1 N–H and O–H groups in total. The molecular formula is C24H32N4O3SSi. The Morgan fingerprint density at radius 1 is 1.21 bits per heavy atom. The fourth-order valence-corrected chi connectivity index (χ4v) is 5.71. The molecule has 0 unspecified atom stereocenters. The van der Waals surface area contributed by atoms with Crippen LogP contribution in [0.3, 0.4) is 0 Å². The molecule has 3 aromatic rings. The first-order valence-electron chi connectivity index (χ1n) is 11.4. The highest BCUT2D eigenvalue weighted by atomic mass is 32.1. The van der Waals surface area contributed by atoms with Crippen LogP contribution in [0.4, 0.5) is 0 Å². The monoisotopic (exact) mass is 484 g/mol. The number of hydrogen-bond donors (Lipinski definition) is 1. The van der Waals surface area contributed by atoms with Crippen LogP contribution in [0, 0.1) is 0 Å². The van der Waals surface area contributed by atoms with Gasteiger partial charge in [-0.2, -0.15) is 0 Å². The van der Waals surface area contributed by atoms with Gasteiger partial charge in [0, 0.05) is 18.2 Å². The van der Waals surface area contributed by atoms with Crippen molar-refractivity contribution in [3.63, 3.8) is 0 Å². The molecule has 1 fully saturated rings. The smallest absolute Gasteiger partial charge is 0.280 e. The van der Waals surface area contributed by atoms with Gasteiger partial charge in [-0.15, -0.1) is 21.5 Å². The summed E-state index contributed by atoms with van der Waals surface area (Å²) in [7, 11) is -1.92. The number of carbonyl (C=O) groups is 1. The highest BCUT2D eigenvalue weighted by Crippen LogP contribution is 2.41. The van der Waals surface area contributed by atoms with Crippen LogP contribution in [0.1, 0.15) is 74.1 Å². The van der Waals surface area contributed by atoms with Crippen molar-refractivity contribution in [2.45, 2.75) is 76.7 Å². The average Bonchev–Trinajstić information content (AvgIpc) is 3.40. The van der Waals surface area contributed by atoms with Gasteiger partial charge in [0.05, 0.1) is 4.88 Å². The van der Waals surface area contributed by atoms with E-state index in [-0.39, 0.29) is 29.0 Å². The van der Waals surface area contributed by atoms with Gasteiger partial charge in [0.2, 0.25) is 11.8 Å². The van der Waals surface area contributed by atoms with E-state index in [0.717, 1.165) is 23.3 Å². The van der Waals surface area contributed by atoms with Crippen molar-refractivity contribution in [2.75, 3.05) is 0 Å². The fraction of sp³-hybridized carbons (Fsp3) is 0.500. The molecule has 1 atom stereocenters. The lowest BCUT2D eigenvalue weighted by atomic mass is 9.80. The number of benzene rings is 1. The highest BCUT2D eigenvalue weighted by molar-refractivity contribution is 7.17. The molecule has 1 saturated carbocycles. The van der Waals surface area contributed by atoms with Crippen LogP contribution in [-0.2, 0) is 4.43 Å². The second kappa shape index (κ2) is 9.12. The van der Waals surface area contributed by atoms with E-state index < -0.39 is 8.32 Å². The van der Waals surface area contributed by atoms with Crippen molar-refractivity contribution in [1.29, 1.82) is 0 Å². The summed E-state index contributed by atoms with van der Waals surface area (Å²) < 4.78 is 12.3. The van der Waals surface area contributed by atoms with Crippen molar-refractivity contribution in [1.82, 2.24) is 20.5 Å². The lowest BCUT2D eigenvalue weighted by Gasteiger charge is -2.37. The normalized spacial score (nSPS) is 19.7. The summed E-state index contributed by atoms with van der Waals surface area (Å²) in [6, 6.07) is 10.0. The SMILES string of the molecule is C[C@@H](O[Si](C)(C)C(C)(C)C)c1nnc([C@H]2C[C@H](NC(=O)c3ncc(-c4ccccc4)s3)C2)o1. The number of thiazole rings is 1. The van der Waals surface area contributed by atoms with Gasteiger partial charge < -0.3 is 14.2 Å². The topological polar surface area (TPSA) is 90.1 Å². The van der Waals surface area contributed by atoms with Crippen LogP contribution in [-0.4, -0.2) is 35.4 Å². The van der Waals surface area contributed by atoms with Crippen molar-refractivity contribution in [3.8, 4) is 10.4 Å². The second-order valence-electron chi connectivity index (χ2n) is 10.2. The Kier molecular flexibility index (Phi) is 6.57. The van der Waals surface area contributed by atoms with E-state index >= 15 is 0 Å². The average molecular weight is 485 g/mol. The first-order valence-corrected chi connectivity index (χ1v) is 15.1. The number of amides is 1. The maximum atomic E-state index is 12.6. The Hall–Kier alpha value is -2.36. The summed E-state index contributed by atoms with van der Waals surface area (Å²) >= 11 is 1.41. The van der Waals surface area contributed by atoms with Gasteiger partial charge >= 0.3 is 0 Å². The van der Waals surface area contributed by atoms with Crippen LogP contribution >= 0.6 is 11.3 Å². The summed E-state index contributed by atoms with van der Waals surface area (Å²) in [5, 5.41) is 12.2. The van der Waals surface area contributed by atoms with E-state index in [2.05, 4.69) is 54.4 Å². The minimum Gasteiger partial charge on any atom is -0.422 e. The largest absolute Gasteiger partial charge is 0.422 e. The predicted octanol–water partition coefficient (Wildman–Crippen LogP) is 5.95. The Balaban J connectivity index is 1.29. The Morgan fingerprint density at radius 2 is 1.91 bits per heavy atom. The maximum Gasteiger partial charge on any atom is 0.280 e. The molecule has 33 heavy (non-hydrogen) atoms. The van der Waals surface area contributed by atoms with Crippen LogP contribution in [0.25, 0.3) is 10.4 Å². The summed E-state index contributed by atoms with van der Waals surface area (Å²) in [6.07, 6.45) is 3.08. The molecule has 0 aliphatic heterocycles. The van der Waals surface area contributed by atoms with Crippen LogP contribution in [0.15, 0.2) is 40.9 Å². The van der Waals surface area contributed by atoms with Gasteiger partial charge in [-0.3, -0.25) is 4.79 Å². The Bertz CT molecular complexity index is 1100. The molecule has 1 amide bonds. The molecule has 4 rings (SSSR count). The van der Waals surface area contributed by atoms with Crippen LogP contribution in [0.5, 0.6) is 0 Å². The third kappa shape index (κ3) is 5.25. The van der Waals surface area contributed by atoms with Gasteiger partial charge in [-0.1, -0.05) is 51.1 Å².